The van der Waals surface area contributed by atoms with Gasteiger partial charge in [-0.3, -0.25) is 4.79 Å². The van der Waals surface area contributed by atoms with Gasteiger partial charge in [-0.1, -0.05) is 5.16 Å². The number of rotatable bonds is 5. The van der Waals surface area contributed by atoms with Crippen LogP contribution in [-0.4, -0.2) is 46.1 Å². The topological polar surface area (TPSA) is 124 Å². The molecule has 1 aliphatic heterocycles. The summed E-state index contributed by atoms with van der Waals surface area (Å²) in [7, 11) is 0. The third-order valence-corrected chi connectivity index (χ3v) is 3.21. The molecule has 0 bridgehead atoms. The number of nitrogens with one attached hydrogen (secondary N) is 1. The smallest absolute Gasteiger partial charge is 0.408 e. The van der Waals surface area contributed by atoms with E-state index in [2.05, 4.69) is 15.5 Å². The minimum atomic E-state index is -0.949. The molecule has 9 heteroatoms. The zero-order valence-electron chi connectivity index (χ0n) is 13.4. The summed E-state index contributed by atoms with van der Waals surface area (Å²) in [5.41, 5.74) is -1.55. The molecule has 1 amide bonds. The molecule has 2 rings (SSSR count). The van der Waals surface area contributed by atoms with Crippen LogP contribution in [0.25, 0.3) is 0 Å². The lowest BCUT2D eigenvalue weighted by Crippen LogP contribution is -2.49. The molecule has 1 fully saturated rings. The number of carboxylic acid groups (broad SMARTS) is 1. The van der Waals surface area contributed by atoms with Crippen molar-refractivity contribution in [1.82, 2.24) is 15.5 Å². The summed E-state index contributed by atoms with van der Waals surface area (Å²) in [5, 5.41) is 15.3. The van der Waals surface area contributed by atoms with E-state index in [-0.39, 0.29) is 31.2 Å². The summed E-state index contributed by atoms with van der Waals surface area (Å²) >= 11 is 0. The first-order chi connectivity index (χ1) is 10.7. The summed E-state index contributed by atoms with van der Waals surface area (Å²) in [6.07, 6.45) is -0.0968. The number of hydrogen-bond acceptors (Lipinski definition) is 7. The lowest BCUT2D eigenvalue weighted by molar-refractivity contribution is -0.137. The van der Waals surface area contributed by atoms with E-state index in [9.17, 15) is 9.59 Å². The number of nitrogens with zero attached hydrogens (tertiary/aromatic N) is 2. The highest BCUT2D eigenvalue weighted by Crippen LogP contribution is 2.29. The summed E-state index contributed by atoms with van der Waals surface area (Å²) in [4.78, 5) is 26.9. The molecule has 1 unspecified atom stereocenters. The Labute approximate surface area is 133 Å². The lowest BCUT2D eigenvalue weighted by atomic mass is 9.98. The molecule has 1 atom stereocenters. The highest BCUT2D eigenvalue weighted by Gasteiger charge is 2.43. The maximum atomic E-state index is 12.1. The number of carbonyl (C=O) groups is 2. The van der Waals surface area contributed by atoms with E-state index in [1.165, 1.54) is 0 Å². The SMILES string of the molecule is CC(C)(C)OC(=O)NC1(c2noc(CCC(=O)O)n2)CCOC1. The summed E-state index contributed by atoms with van der Waals surface area (Å²) in [6.45, 7) is 5.94. The van der Waals surface area contributed by atoms with Crippen LogP contribution in [-0.2, 0) is 26.2 Å². The Kier molecular flexibility index (Phi) is 4.88. The molecule has 1 aliphatic rings. The minimum absolute atomic E-state index is 0.107. The number of ether oxygens (including phenoxy) is 2. The predicted octanol–water partition coefficient (Wildman–Crippen LogP) is 1.23. The Morgan fingerprint density at radius 2 is 2.17 bits per heavy atom. The first-order valence-electron chi connectivity index (χ1n) is 7.34. The average Bonchev–Trinajstić information content (AvgIpc) is 3.03. The lowest BCUT2D eigenvalue weighted by Gasteiger charge is -2.27. The van der Waals surface area contributed by atoms with Crippen molar-refractivity contribution in [2.75, 3.05) is 13.2 Å². The number of aliphatic carboxylic acids is 1. The van der Waals surface area contributed by atoms with E-state index in [1.54, 1.807) is 20.8 Å². The van der Waals surface area contributed by atoms with Crippen molar-refractivity contribution in [2.45, 2.75) is 51.2 Å². The molecule has 0 radical (unpaired) electrons. The van der Waals surface area contributed by atoms with Crippen molar-refractivity contribution in [3.05, 3.63) is 11.7 Å². The third-order valence-electron chi connectivity index (χ3n) is 3.21. The molecule has 1 aromatic heterocycles. The monoisotopic (exact) mass is 327 g/mol. The molecule has 0 spiro atoms. The van der Waals surface area contributed by atoms with Gasteiger partial charge in [-0.2, -0.15) is 4.98 Å². The molecule has 2 heterocycles. The number of carboxylic acids is 1. The van der Waals surface area contributed by atoms with E-state index < -0.39 is 23.2 Å². The van der Waals surface area contributed by atoms with Crippen LogP contribution in [0.15, 0.2) is 4.52 Å². The number of hydrogen-bond donors (Lipinski definition) is 2. The maximum absolute atomic E-state index is 12.1. The number of aromatic nitrogens is 2. The van der Waals surface area contributed by atoms with Crippen LogP contribution in [0, 0.1) is 0 Å². The van der Waals surface area contributed by atoms with Crippen molar-refractivity contribution in [1.29, 1.82) is 0 Å². The first kappa shape index (κ1) is 17.2. The second-order valence-electron chi connectivity index (χ2n) is 6.42. The third kappa shape index (κ3) is 4.65. The second-order valence-corrected chi connectivity index (χ2v) is 6.42. The van der Waals surface area contributed by atoms with Gasteiger partial charge < -0.3 is 24.4 Å². The molecule has 9 nitrogen and oxygen atoms in total. The standard InChI is InChI=1S/C14H21N3O6/c1-13(2,3)22-12(20)16-14(6-7-21-8-14)11-15-9(23-17-11)4-5-10(18)19/h4-8H2,1-3H3,(H,16,20)(H,18,19). The quantitative estimate of drug-likeness (QED) is 0.827. The van der Waals surface area contributed by atoms with Crippen LogP contribution in [0.3, 0.4) is 0 Å². The molecule has 1 aromatic rings. The summed E-state index contributed by atoms with van der Waals surface area (Å²) in [6, 6.07) is 0. The van der Waals surface area contributed by atoms with Gasteiger partial charge in [-0.15, -0.1) is 0 Å². The Balaban J connectivity index is 2.11. The molecule has 2 N–H and O–H groups in total. The van der Waals surface area contributed by atoms with Gasteiger partial charge in [0.2, 0.25) is 5.89 Å². The van der Waals surface area contributed by atoms with Crippen molar-refractivity contribution >= 4 is 12.1 Å². The van der Waals surface area contributed by atoms with Crippen molar-refractivity contribution in [3.63, 3.8) is 0 Å². The van der Waals surface area contributed by atoms with Gasteiger partial charge in [0.15, 0.2) is 5.82 Å². The van der Waals surface area contributed by atoms with Crippen molar-refractivity contribution < 1.29 is 28.7 Å². The van der Waals surface area contributed by atoms with Crippen LogP contribution in [0.5, 0.6) is 0 Å². The highest BCUT2D eigenvalue weighted by atomic mass is 16.6. The van der Waals surface area contributed by atoms with Gasteiger partial charge >= 0.3 is 12.1 Å². The first-order valence-corrected chi connectivity index (χ1v) is 7.34. The zero-order chi connectivity index (χ0) is 17.1. The van der Waals surface area contributed by atoms with Crippen LogP contribution in [0.1, 0.15) is 45.3 Å². The fraction of sp³-hybridized carbons (Fsp3) is 0.714. The fourth-order valence-corrected chi connectivity index (χ4v) is 2.16. The van der Waals surface area contributed by atoms with Crippen LogP contribution in [0.2, 0.25) is 0 Å². The van der Waals surface area contributed by atoms with Gasteiger partial charge in [0.1, 0.15) is 11.1 Å². The Morgan fingerprint density at radius 1 is 1.43 bits per heavy atom. The van der Waals surface area contributed by atoms with Crippen LogP contribution >= 0.6 is 0 Å². The average molecular weight is 327 g/mol. The van der Waals surface area contributed by atoms with Gasteiger partial charge in [-0.25, -0.2) is 4.79 Å². The molecule has 0 saturated carbocycles. The van der Waals surface area contributed by atoms with E-state index in [4.69, 9.17) is 19.1 Å². The molecule has 23 heavy (non-hydrogen) atoms. The molecular weight excluding hydrogens is 306 g/mol. The Morgan fingerprint density at radius 3 is 2.74 bits per heavy atom. The molecule has 1 saturated heterocycles. The Hall–Kier alpha value is -2.16. The normalized spacial score (nSPS) is 21.2. The van der Waals surface area contributed by atoms with Crippen molar-refractivity contribution in [3.8, 4) is 0 Å². The van der Waals surface area contributed by atoms with Gasteiger partial charge in [0.25, 0.3) is 0 Å². The minimum Gasteiger partial charge on any atom is -0.481 e. The van der Waals surface area contributed by atoms with E-state index >= 15 is 0 Å². The number of aryl methyl sites for hydroxylation is 1. The van der Waals surface area contributed by atoms with Gasteiger partial charge in [-0.05, 0) is 20.8 Å². The zero-order valence-corrected chi connectivity index (χ0v) is 13.4. The van der Waals surface area contributed by atoms with E-state index in [0.29, 0.717) is 13.0 Å². The van der Waals surface area contributed by atoms with Crippen LogP contribution in [0.4, 0.5) is 4.79 Å². The largest absolute Gasteiger partial charge is 0.481 e. The molecular formula is C14H21N3O6. The molecule has 0 aromatic carbocycles. The second kappa shape index (κ2) is 6.53. The summed E-state index contributed by atoms with van der Waals surface area (Å²) < 4.78 is 15.7. The number of amides is 1. The highest BCUT2D eigenvalue weighted by molar-refractivity contribution is 5.69. The van der Waals surface area contributed by atoms with Gasteiger partial charge in [0.05, 0.1) is 13.0 Å². The molecule has 128 valence electrons. The number of alkyl carbamates (subject to hydrolysis) is 1. The predicted molar refractivity (Wildman–Crippen MR) is 76.7 cm³/mol. The Bertz CT molecular complexity index is 571. The van der Waals surface area contributed by atoms with Crippen LogP contribution < -0.4 is 5.32 Å². The van der Waals surface area contributed by atoms with E-state index in [1.807, 2.05) is 0 Å². The van der Waals surface area contributed by atoms with Crippen molar-refractivity contribution in [2.24, 2.45) is 0 Å². The van der Waals surface area contributed by atoms with Gasteiger partial charge in [0, 0.05) is 19.4 Å². The molecule has 0 aliphatic carbocycles. The fourth-order valence-electron chi connectivity index (χ4n) is 2.16. The number of carbonyl (C=O) groups excluding carboxylic acids is 1. The summed E-state index contributed by atoms with van der Waals surface area (Å²) in [5.74, 6) is -0.476. The maximum Gasteiger partial charge on any atom is 0.408 e. The van der Waals surface area contributed by atoms with E-state index in [0.717, 1.165) is 0 Å².